The summed E-state index contributed by atoms with van der Waals surface area (Å²) in [6, 6.07) is 14.4. The monoisotopic (exact) mass is 527 g/mol. The first kappa shape index (κ1) is 25.4. The van der Waals surface area contributed by atoms with Crippen molar-refractivity contribution in [2.24, 2.45) is 11.5 Å². The largest absolute Gasteiger partial charge is 0.383 e. The molecule has 10 heteroatoms. The van der Waals surface area contributed by atoms with E-state index in [2.05, 4.69) is 10.3 Å². The van der Waals surface area contributed by atoms with Crippen LogP contribution in [0.2, 0.25) is 0 Å². The molecular formula is C28H29N7O2S. The lowest BCUT2D eigenvalue weighted by Crippen LogP contribution is -2.45. The molecule has 0 spiro atoms. The molecule has 1 saturated heterocycles. The van der Waals surface area contributed by atoms with Crippen LogP contribution in [0.5, 0.6) is 0 Å². The van der Waals surface area contributed by atoms with Gasteiger partial charge in [0.15, 0.2) is 0 Å². The maximum atomic E-state index is 12.6. The van der Waals surface area contributed by atoms with Crippen molar-refractivity contribution in [3.05, 3.63) is 77.3 Å². The molecule has 0 radical (unpaired) electrons. The number of amides is 3. The quantitative estimate of drug-likeness (QED) is 0.282. The Hall–Kier alpha value is -4.25. The number of rotatable bonds is 6. The van der Waals surface area contributed by atoms with Crippen molar-refractivity contribution in [1.82, 2.24) is 15.2 Å². The van der Waals surface area contributed by atoms with Gasteiger partial charge in [-0.15, -0.1) is 11.3 Å². The molecule has 1 fully saturated rings. The van der Waals surface area contributed by atoms with Gasteiger partial charge in [-0.3, -0.25) is 9.69 Å². The lowest BCUT2D eigenvalue weighted by atomic mass is 10.0. The number of nitrogens with one attached hydrogen (secondary N) is 1. The fourth-order valence-corrected chi connectivity index (χ4v) is 5.66. The third-order valence-electron chi connectivity index (χ3n) is 6.55. The van der Waals surface area contributed by atoms with Gasteiger partial charge >= 0.3 is 6.03 Å². The van der Waals surface area contributed by atoms with Crippen LogP contribution < -0.4 is 27.4 Å². The Balaban J connectivity index is 1.45. The van der Waals surface area contributed by atoms with Crippen molar-refractivity contribution in [3.8, 4) is 11.1 Å². The molecule has 5 rings (SSSR count). The Morgan fingerprint density at radius 2 is 1.87 bits per heavy atom. The van der Waals surface area contributed by atoms with Gasteiger partial charge in [0.05, 0.1) is 11.4 Å². The van der Waals surface area contributed by atoms with E-state index in [1.807, 2.05) is 64.9 Å². The second kappa shape index (κ2) is 11.0. The minimum Gasteiger partial charge on any atom is -0.383 e. The summed E-state index contributed by atoms with van der Waals surface area (Å²) in [4.78, 5) is 32.6. The number of carbonyl (C=O) groups is 2. The number of fused-ring (bicyclic) bond motifs is 1. The molecule has 0 unspecified atom stereocenters. The van der Waals surface area contributed by atoms with Gasteiger partial charge < -0.3 is 27.4 Å². The highest BCUT2D eigenvalue weighted by Crippen LogP contribution is 2.39. The molecule has 194 valence electrons. The van der Waals surface area contributed by atoms with E-state index in [1.165, 1.54) is 4.90 Å². The lowest BCUT2D eigenvalue weighted by molar-refractivity contribution is -0.126. The van der Waals surface area contributed by atoms with Gasteiger partial charge in [0.1, 0.15) is 5.82 Å². The summed E-state index contributed by atoms with van der Waals surface area (Å²) >= 11 is 1.55. The van der Waals surface area contributed by atoms with Gasteiger partial charge in [-0.2, -0.15) is 0 Å². The second-order valence-electron chi connectivity index (χ2n) is 8.96. The van der Waals surface area contributed by atoms with Crippen molar-refractivity contribution in [1.29, 1.82) is 0 Å². The number of benzene rings is 2. The number of nitrogens with two attached hydrogens (primary N) is 3. The molecule has 9 nitrogen and oxygen atoms in total. The molecule has 4 aromatic rings. The molecule has 7 N–H and O–H groups in total. The number of hydrogen-bond acceptors (Lipinski definition) is 7. The van der Waals surface area contributed by atoms with Crippen molar-refractivity contribution < 1.29 is 9.59 Å². The minimum absolute atomic E-state index is 0.0140. The second-order valence-corrected chi connectivity index (χ2v) is 9.84. The van der Waals surface area contributed by atoms with Crippen LogP contribution in [0.3, 0.4) is 0 Å². The number of carbonyl (C=O) groups excluding carboxylic acids is 2. The number of urea groups is 1. The van der Waals surface area contributed by atoms with E-state index < -0.39 is 6.03 Å². The van der Waals surface area contributed by atoms with E-state index in [1.54, 1.807) is 23.6 Å². The van der Waals surface area contributed by atoms with Crippen LogP contribution in [0.15, 0.2) is 66.2 Å². The van der Waals surface area contributed by atoms with E-state index in [4.69, 9.17) is 17.2 Å². The Bertz CT molecular complexity index is 1510. The van der Waals surface area contributed by atoms with E-state index >= 15 is 0 Å². The number of anilines is 3. The summed E-state index contributed by atoms with van der Waals surface area (Å²) in [6.45, 7) is 3.36. The van der Waals surface area contributed by atoms with Gasteiger partial charge in [-0.1, -0.05) is 24.3 Å². The SMILES string of the molecule is NCc1cccc(N(C(N)=O)c2ccc(-c3csc4c(/C=C/C(=O)N5CCNCC5)cnc(N)c34)cc2)c1. The first-order valence-electron chi connectivity index (χ1n) is 12.3. The highest BCUT2D eigenvalue weighted by molar-refractivity contribution is 7.18. The zero-order chi connectivity index (χ0) is 26.6. The standard InChI is InChI=1S/C28H29N7O2S/c29-15-18-2-1-3-22(14-18)35(28(31)37)21-7-4-19(5-8-21)23-17-38-26-20(16-33-27(30)25(23)26)6-9-24(36)34-12-10-32-11-13-34/h1-9,14,16-17,32H,10-13,15,29H2,(H2,30,33)(H2,31,37)/b9-6+. The number of pyridine rings is 1. The molecule has 2 aromatic heterocycles. The number of piperazine rings is 1. The van der Waals surface area contributed by atoms with E-state index in [9.17, 15) is 9.59 Å². The molecular weight excluding hydrogens is 498 g/mol. The predicted molar refractivity (Wildman–Crippen MR) is 154 cm³/mol. The molecule has 0 bridgehead atoms. The fourth-order valence-electron chi connectivity index (χ4n) is 4.59. The zero-order valence-corrected chi connectivity index (χ0v) is 21.6. The van der Waals surface area contributed by atoms with E-state index in [0.29, 0.717) is 36.8 Å². The first-order valence-corrected chi connectivity index (χ1v) is 13.2. The summed E-state index contributed by atoms with van der Waals surface area (Å²) in [5, 5.41) is 6.12. The van der Waals surface area contributed by atoms with Crippen LogP contribution in [0.1, 0.15) is 11.1 Å². The average molecular weight is 528 g/mol. The molecule has 0 saturated carbocycles. The topological polar surface area (TPSA) is 144 Å². The summed E-state index contributed by atoms with van der Waals surface area (Å²) in [7, 11) is 0. The highest BCUT2D eigenvalue weighted by atomic mass is 32.1. The number of aromatic nitrogens is 1. The van der Waals surface area contributed by atoms with Crippen LogP contribution in [-0.2, 0) is 11.3 Å². The zero-order valence-electron chi connectivity index (χ0n) is 20.8. The molecule has 0 aliphatic carbocycles. The predicted octanol–water partition coefficient (Wildman–Crippen LogP) is 3.67. The Kier molecular flexibility index (Phi) is 7.36. The van der Waals surface area contributed by atoms with Crippen molar-refractivity contribution in [2.75, 3.05) is 36.8 Å². The van der Waals surface area contributed by atoms with Gasteiger partial charge in [-0.25, -0.2) is 9.78 Å². The average Bonchev–Trinajstić information content (AvgIpc) is 3.40. The Morgan fingerprint density at radius 3 is 2.58 bits per heavy atom. The van der Waals surface area contributed by atoms with Crippen LogP contribution >= 0.6 is 11.3 Å². The lowest BCUT2D eigenvalue weighted by Gasteiger charge is -2.26. The summed E-state index contributed by atoms with van der Waals surface area (Å²) in [5.74, 6) is 0.406. The van der Waals surface area contributed by atoms with Gasteiger partial charge in [0.25, 0.3) is 0 Å². The van der Waals surface area contributed by atoms with Crippen LogP contribution in [0, 0.1) is 0 Å². The highest BCUT2D eigenvalue weighted by Gasteiger charge is 2.18. The third kappa shape index (κ3) is 5.10. The number of hydrogen-bond donors (Lipinski definition) is 4. The summed E-state index contributed by atoms with van der Waals surface area (Å²) < 4.78 is 0.957. The molecule has 3 amide bonds. The Morgan fingerprint density at radius 1 is 1.11 bits per heavy atom. The number of thiophene rings is 1. The molecule has 0 atom stereocenters. The molecule has 2 aromatic carbocycles. The van der Waals surface area contributed by atoms with Crippen molar-refractivity contribution in [3.63, 3.8) is 0 Å². The number of nitrogens with zero attached hydrogens (tertiary/aromatic N) is 3. The maximum absolute atomic E-state index is 12.6. The van der Waals surface area contributed by atoms with Gasteiger partial charge in [0, 0.05) is 66.2 Å². The number of nitrogen functional groups attached to an aromatic ring is 1. The minimum atomic E-state index is -0.590. The third-order valence-corrected chi connectivity index (χ3v) is 7.58. The van der Waals surface area contributed by atoms with Gasteiger partial charge in [0.2, 0.25) is 5.91 Å². The van der Waals surface area contributed by atoms with Crippen LogP contribution in [-0.4, -0.2) is 48.0 Å². The molecule has 1 aliphatic rings. The summed E-state index contributed by atoms with van der Waals surface area (Å²) in [6.07, 6.45) is 5.11. The Labute approximate surface area is 224 Å². The van der Waals surface area contributed by atoms with Crippen LogP contribution in [0.25, 0.3) is 27.3 Å². The molecule has 1 aliphatic heterocycles. The van der Waals surface area contributed by atoms with Gasteiger partial charge in [-0.05, 0) is 46.8 Å². The molecule has 3 heterocycles. The van der Waals surface area contributed by atoms with Crippen molar-refractivity contribution in [2.45, 2.75) is 6.54 Å². The molecule has 38 heavy (non-hydrogen) atoms. The van der Waals surface area contributed by atoms with E-state index in [0.717, 1.165) is 45.4 Å². The first-order chi connectivity index (χ1) is 18.5. The van der Waals surface area contributed by atoms with E-state index in [-0.39, 0.29) is 5.91 Å². The maximum Gasteiger partial charge on any atom is 0.323 e. The van der Waals surface area contributed by atoms with Crippen molar-refractivity contribution >= 4 is 56.6 Å². The normalized spacial score (nSPS) is 13.8. The van der Waals surface area contributed by atoms with Crippen LogP contribution in [0.4, 0.5) is 22.0 Å². The fraction of sp³-hybridized carbons (Fsp3) is 0.179. The number of primary amides is 1. The summed E-state index contributed by atoms with van der Waals surface area (Å²) in [5.41, 5.74) is 22.7. The smallest absolute Gasteiger partial charge is 0.323 e.